The number of methoxy groups -OCH3 is 1. The summed E-state index contributed by atoms with van der Waals surface area (Å²) in [7, 11) is 0.932. The maximum atomic E-state index is 14.2. The van der Waals surface area contributed by atoms with Crippen LogP contribution in [0.3, 0.4) is 0 Å². The van der Waals surface area contributed by atoms with Crippen molar-refractivity contribution in [2.24, 2.45) is 0 Å². The first-order chi connectivity index (χ1) is 14.0. The van der Waals surface area contributed by atoms with Crippen molar-refractivity contribution in [3.8, 4) is 11.6 Å². The first kappa shape index (κ1) is 21.6. The maximum Gasteiger partial charge on any atom is 0.223 e. The van der Waals surface area contributed by atoms with Crippen LogP contribution in [0.2, 0.25) is 0 Å². The van der Waals surface area contributed by atoms with Crippen LogP contribution < -0.4 is 4.74 Å². The Morgan fingerprint density at radius 1 is 0.833 bits per heavy atom. The highest BCUT2D eigenvalue weighted by Crippen LogP contribution is 2.37. The summed E-state index contributed by atoms with van der Waals surface area (Å²) in [6.07, 6.45) is -1.96. The molecule has 1 atom stereocenters. The van der Waals surface area contributed by atoms with Crippen LogP contribution in [-0.4, -0.2) is 22.0 Å². The first-order valence-corrected chi connectivity index (χ1v) is 7.99. The number of hydrogen-bond donors (Lipinski definition) is 1. The van der Waals surface area contributed by atoms with Crippen molar-refractivity contribution in [3.63, 3.8) is 0 Å². The van der Waals surface area contributed by atoms with E-state index in [0.717, 1.165) is 7.11 Å². The predicted molar refractivity (Wildman–Crippen MR) is 85.0 cm³/mol. The summed E-state index contributed by atoms with van der Waals surface area (Å²) in [6, 6.07) is 0.912. The van der Waals surface area contributed by atoms with E-state index in [1.54, 1.807) is 0 Å². The molecule has 4 nitrogen and oxygen atoms in total. The molecule has 0 radical (unpaired) electrons. The van der Waals surface area contributed by atoms with E-state index in [9.17, 15) is 40.2 Å². The van der Waals surface area contributed by atoms with E-state index in [0.29, 0.717) is 12.1 Å². The maximum absolute atomic E-state index is 14.2. The number of aryl methyl sites for hydroxylation is 1. The molecule has 0 saturated heterocycles. The zero-order valence-corrected chi connectivity index (χ0v) is 15.0. The van der Waals surface area contributed by atoms with Crippen molar-refractivity contribution in [2.75, 3.05) is 7.11 Å². The molecule has 1 unspecified atom stereocenters. The summed E-state index contributed by atoms with van der Waals surface area (Å²) >= 11 is 0. The number of aliphatic hydroxyl groups is 1. The number of rotatable bonds is 4. The van der Waals surface area contributed by atoms with Gasteiger partial charge in [0.2, 0.25) is 11.7 Å². The van der Waals surface area contributed by atoms with Crippen LogP contribution >= 0.6 is 0 Å². The smallest absolute Gasteiger partial charge is 0.223 e. The van der Waals surface area contributed by atoms with Crippen molar-refractivity contribution >= 4 is 0 Å². The summed E-state index contributed by atoms with van der Waals surface area (Å²) in [5, 5.41) is 14.1. The van der Waals surface area contributed by atoms with Gasteiger partial charge in [-0.2, -0.15) is 9.78 Å². The van der Waals surface area contributed by atoms with Crippen molar-refractivity contribution in [3.05, 3.63) is 75.5 Å². The molecule has 3 aromatic rings. The highest BCUT2D eigenvalue weighted by Gasteiger charge is 2.32. The van der Waals surface area contributed by atoms with Gasteiger partial charge in [-0.05, 0) is 24.6 Å². The molecule has 0 bridgehead atoms. The van der Waals surface area contributed by atoms with Gasteiger partial charge in [0.15, 0.2) is 40.7 Å². The molecule has 0 amide bonds. The fourth-order valence-corrected chi connectivity index (χ4v) is 2.86. The van der Waals surface area contributed by atoms with Crippen LogP contribution in [0.25, 0.3) is 5.69 Å². The number of halogens is 8. The molecule has 0 aliphatic carbocycles. The minimum atomic E-state index is -2.39. The first-order valence-electron chi connectivity index (χ1n) is 7.99. The van der Waals surface area contributed by atoms with Gasteiger partial charge in [-0.3, -0.25) is 0 Å². The lowest BCUT2D eigenvalue weighted by molar-refractivity contribution is 0.211. The molecular weight excluding hydrogens is 428 g/mol. The van der Waals surface area contributed by atoms with Gasteiger partial charge in [-0.1, -0.05) is 0 Å². The lowest BCUT2D eigenvalue weighted by Crippen LogP contribution is -2.12. The number of benzene rings is 2. The molecule has 0 fully saturated rings. The monoisotopic (exact) mass is 438 g/mol. The van der Waals surface area contributed by atoms with E-state index < -0.39 is 75.3 Å². The lowest BCUT2D eigenvalue weighted by Gasteiger charge is -2.15. The standard InChI is InChI=1S/C18H10F8N2O2/c1-5-9(17(29)6-3-7(19)10(21)8(20)4-6)18(30-2)28(27-5)16-14(25)12(23)11(22)13(24)15(16)26/h3-4,17,29H,1-2H3. The van der Waals surface area contributed by atoms with Gasteiger partial charge in [0.25, 0.3) is 0 Å². The largest absolute Gasteiger partial charge is 0.481 e. The second kappa shape index (κ2) is 7.59. The minimum absolute atomic E-state index is 0.209. The molecule has 1 heterocycles. The van der Waals surface area contributed by atoms with E-state index in [1.807, 2.05) is 0 Å². The quantitative estimate of drug-likeness (QED) is 0.374. The lowest BCUT2D eigenvalue weighted by atomic mass is 10.0. The zero-order valence-electron chi connectivity index (χ0n) is 15.0. The third-order valence-electron chi connectivity index (χ3n) is 4.25. The average molecular weight is 438 g/mol. The van der Waals surface area contributed by atoms with E-state index in [4.69, 9.17) is 4.74 Å². The Hall–Kier alpha value is -3.15. The number of aromatic nitrogens is 2. The van der Waals surface area contributed by atoms with Crippen molar-refractivity contribution in [1.82, 2.24) is 9.78 Å². The molecule has 2 aromatic carbocycles. The molecule has 0 aliphatic heterocycles. The van der Waals surface area contributed by atoms with Gasteiger partial charge >= 0.3 is 0 Å². The van der Waals surface area contributed by atoms with Crippen LogP contribution in [0, 0.1) is 53.5 Å². The summed E-state index contributed by atoms with van der Waals surface area (Å²) < 4.78 is 114. The summed E-state index contributed by atoms with van der Waals surface area (Å²) in [5.41, 5.74) is -2.67. The van der Waals surface area contributed by atoms with Gasteiger partial charge in [0.1, 0.15) is 11.8 Å². The normalized spacial score (nSPS) is 12.4. The van der Waals surface area contributed by atoms with Crippen LogP contribution in [0.1, 0.15) is 22.9 Å². The Bertz CT molecular complexity index is 1110. The molecule has 0 spiro atoms. The highest BCUT2D eigenvalue weighted by molar-refractivity contribution is 5.47. The van der Waals surface area contributed by atoms with Crippen molar-refractivity contribution < 1.29 is 45.0 Å². The zero-order chi connectivity index (χ0) is 22.5. The Morgan fingerprint density at radius 3 is 1.77 bits per heavy atom. The number of hydrogen-bond acceptors (Lipinski definition) is 3. The Labute approximate surface area is 162 Å². The molecule has 30 heavy (non-hydrogen) atoms. The van der Waals surface area contributed by atoms with E-state index in [-0.39, 0.29) is 10.4 Å². The van der Waals surface area contributed by atoms with Gasteiger partial charge in [0, 0.05) is 0 Å². The summed E-state index contributed by atoms with van der Waals surface area (Å²) in [4.78, 5) is 0. The number of aliphatic hydroxyl groups excluding tert-OH is 1. The molecule has 0 saturated carbocycles. The van der Waals surface area contributed by atoms with E-state index in [1.165, 1.54) is 6.92 Å². The molecule has 0 aliphatic rings. The molecule has 1 aromatic heterocycles. The Balaban J connectivity index is 2.26. The number of ether oxygens (including phenoxy) is 1. The van der Waals surface area contributed by atoms with E-state index in [2.05, 4.69) is 5.10 Å². The fraction of sp³-hybridized carbons (Fsp3) is 0.167. The fourth-order valence-electron chi connectivity index (χ4n) is 2.86. The molecular formula is C18H10F8N2O2. The van der Waals surface area contributed by atoms with E-state index >= 15 is 0 Å². The molecule has 1 N–H and O–H groups in total. The van der Waals surface area contributed by atoms with Crippen LogP contribution in [0.15, 0.2) is 12.1 Å². The van der Waals surface area contributed by atoms with Crippen molar-refractivity contribution in [2.45, 2.75) is 13.0 Å². The van der Waals surface area contributed by atoms with Gasteiger partial charge < -0.3 is 9.84 Å². The Morgan fingerprint density at radius 2 is 1.30 bits per heavy atom. The SMILES string of the molecule is COc1c(C(O)c2cc(F)c(F)c(F)c2)c(C)nn1-c1c(F)c(F)c(F)c(F)c1F. The molecule has 160 valence electrons. The molecule has 12 heteroatoms. The third-order valence-corrected chi connectivity index (χ3v) is 4.25. The second-order valence-corrected chi connectivity index (χ2v) is 6.04. The summed E-state index contributed by atoms with van der Waals surface area (Å²) in [5.74, 6) is -17.1. The minimum Gasteiger partial charge on any atom is -0.481 e. The van der Waals surface area contributed by atoms with Gasteiger partial charge in [-0.25, -0.2) is 35.1 Å². The Kier molecular flexibility index (Phi) is 5.46. The molecule has 3 rings (SSSR count). The number of nitrogens with zero attached hydrogens (tertiary/aromatic N) is 2. The predicted octanol–water partition coefficient (Wildman–Crippen LogP) is 4.38. The second-order valence-electron chi connectivity index (χ2n) is 6.04. The van der Waals surface area contributed by atoms with Crippen LogP contribution in [-0.2, 0) is 0 Å². The van der Waals surface area contributed by atoms with Crippen LogP contribution in [0.5, 0.6) is 5.88 Å². The van der Waals surface area contributed by atoms with Crippen LogP contribution in [0.4, 0.5) is 35.1 Å². The summed E-state index contributed by atoms with van der Waals surface area (Å²) in [6.45, 7) is 1.17. The topological polar surface area (TPSA) is 47.3 Å². The third kappa shape index (κ3) is 3.16. The van der Waals surface area contributed by atoms with Gasteiger partial charge in [0.05, 0.1) is 18.4 Å². The van der Waals surface area contributed by atoms with Crippen molar-refractivity contribution in [1.29, 1.82) is 0 Å². The van der Waals surface area contributed by atoms with Gasteiger partial charge in [-0.15, -0.1) is 0 Å². The highest BCUT2D eigenvalue weighted by atomic mass is 19.2. The average Bonchev–Trinajstić information content (AvgIpc) is 3.03.